The van der Waals surface area contributed by atoms with Crippen LogP contribution in [0.5, 0.6) is 0 Å². The highest BCUT2D eigenvalue weighted by Gasteiger charge is 2.42. The van der Waals surface area contributed by atoms with Gasteiger partial charge in [-0.1, -0.05) is 25.7 Å². The molecule has 0 aromatic rings. The third kappa shape index (κ3) is 4.21. The van der Waals surface area contributed by atoms with Gasteiger partial charge in [0.15, 0.2) is 0 Å². The van der Waals surface area contributed by atoms with Gasteiger partial charge in [0.2, 0.25) is 5.91 Å². The summed E-state index contributed by atoms with van der Waals surface area (Å²) in [6.45, 7) is 5.31. The number of hydrogen-bond acceptors (Lipinski definition) is 3. The average molecular weight is 349 g/mol. The molecular weight excluding hydrogens is 312 g/mol. The molecule has 3 aliphatic heterocycles. The average Bonchev–Trinajstić information content (AvgIpc) is 3.34. The summed E-state index contributed by atoms with van der Waals surface area (Å²) < 4.78 is 6.30. The maximum Gasteiger partial charge on any atom is 0.222 e. The van der Waals surface area contributed by atoms with Crippen LogP contribution in [0.25, 0.3) is 0 Å². The Hall–Kier alpha value is -0.610. The van der Waals surface area contributed by atoms with E-state index in [1.165, 1.54) is 64.5 Å². The minimum Gasteiger partial charge on any atom is -0.375 e. The Morgan fingerprint density at radius 1 is 0.960 bits per heavy atom. The first-order valence-corrected chi connectivity index (χ1v) is 10.9. The summed E-state index contributed by atoms with van der Waals surface area (Å²) >= 11 is 0. The number of carbonyl (C=O) groups is 1. The van der Waals surface area contributed by atoms with Gasteiger partial charge in [-0.3, -0.25) is 4.79 Å². The van der Waals surface area contributed by atoms with E-state index in [-0.39, 0.29) is 5.60 Å². The summed E-state index contributed by atoms with van der Waals surface area (Å²) in [7, 11) is 0. The molecule has 1 spiro atoms. The van der Waals surface area contributed by atoms with Crippen molar-refractivity contribution in [3.63, 3.8) is 0 Å². The molecule has 4 nitrogen and oxygen atoms in total. The van der Waals surface area contributed by atoms with Gasteiger partial charge in [0.1, 0.15) is 0 Å². The van der Waals surface area contributed by atoms with Gasteiger partial charge in [-0.15, -0.1) is 0 Å². The minimum atomic E-state index is 0.0632. The molecule has 3 saturated heterocycles. The van der Waals surface area contributed by atoms with Crippen LogP contribution in [0.3, 0.4) is 0 Å². The van der Waals surface area contributed by atoms with Crippen molar-refractivity contribution < 1.29 is 9.53 Å². The minimum absolute atomic E-state index is 0.0632. The molecule has 4 aliphatic rings. The summed E-state index contributed by atoms with van der Waals surface area (Å²) in [5, 5.41) is 0. The van der Waals surface area contributed by atoms with Gasteiger partial charge >= 0.3 is 0 Å². The number of amides is 1. The number of rotatable bonds is 4. The first kappa shape index (κ1) is 17.8. The molecule has 1 amide bonds. The topological polar surface area (TPSA) is 32.8 Å². The highest BCUT2D eigenvalue weighted by Crippen LogP contribution is 2.38. The van der Waals surface area contributed by atoms with Crippen LogP contribution in [0.4, 0.5) is 0 Å². The zero-order valence-electron chi connectivity index (χ0n) is 15.9. The number of nitrogens with zero attached hydrogens (tertiary/aromatic N) is 2. The second-order valence-electron chi connectivity index (χ2n) is 8.99. The van der Waals surface area contributed by atoms with Crippen molar-refractivity contribution in [1.82, 2.24) is 9.80 Å². The molecule has 1 atom stereocenters. The van der Waals surface area contributed by atoms with E-state index >= 15 is 0 Å². The van der Waals surface area contributed by atoms with Crippen molar-refractivity contribution in [3.8, 4) is 0 Å². The van der Waals surface area contributed by atoms with E-state index in [4.69, 9.17) is 4.74 Å². The Labute approximate surface area is 153 Å². The zero-order valence-corrected chi connectivity index (χ0v) is 15.9. The van der Waals surface area contributed by atoms with E-state index in [9.17, 15) is 4.79 Å². The first-order valence-electron chi connectivity index (χ1n) is 10.9. The van der Waals surface area contributed by atoms with Crippen LogP contribution in [0.15, 0.2) is 0 Å². The summed E-state index contributed by atoms with van der Waals surface area (Å²) in [5.41, 5.74) is 0.0632. The molecule has 3 heterocycles. The van der Waals surface area contributed by atoms with E-state index in [2.05, 4.69) is 9.80 Å². The monoisotopic (exact) mass is 348 g/mol. The third-order valence-corrected chi connectivity index (χ3v) is 7.39. The smallest absolute Gasteiger partial charge is 0.222 e. The molecule has 142 valence electrons. The quantitative estimate of drug-likeness (QED) is 0.778. The molecule has 1 unspecified atom stereocenters. The lowest BCUT2D eigenvalue weighted by Crippen LogP contribution is -2.54. The van der Waals surface area contributed by atoms with E-state index in [1.807, 2.05) is 0 Å². The van der Waals surface area contributed by atoms with Gasteiger partial charge in [0.05, 0.1) is 5.60 Å². The van der Waals surface area contributed by atoms with Gasteiger partial charge in [0, 0.05) is 32.2 Å². The fraction of sp³-hybridized carbons (Fsp3) is 0.952. The summed E-state index contributed by atoms with van der Waals surface area (Å²) in [6, 6.07) is 0.723. The predicted molar refractivity (Wildman–Crippen MR) is 99.5 cm³/mol. The first-order chi connectivity index (χ1) is 12.2. The Morgan fingerprint density at radius 3 is 2.40 bits per heavy atom. The van der Waals surface area contributed by atoms with E-state index in [0.29, 0.717) is 5.91 Å². The Kier molecular flexibility index (Phi) is 5.66. The van der Waals surface area contributed by atoms with Gasteiger partial charge < -0.3 is 14.5 Å². The highest BCUT2D eigenvalue weighted by atomic mass is 16.5. The van der Waals surface area contributed by atoms with Crippen molar-refractivity contribution in [1.29, 1.82) is 0 Å². The lowest BCUT2D eigenvalue weighted by Gasteiger charge is -2.48. The standard InChI is InChI=1S/C21H36N2O2/c24-20(8-7-18-5-1-2-6-18)23-14-10-21(11-15-23)17-19(9-16-25-21)22-12-3-4-13-22/h18-19H,1-17H2. The molecule has 1 saturated carbocycles. The van der Waals surface area contributed by atoms with Crippen molar-refractivity contribution in [3.05, 3.63) is 0 Å². The number of piperidine rings is 1. The molecule has 0 radical (unpaired) electrons. The summed E-state index contributed by atoms with van der Waals surface area (Å²) in [5.74, 6) is 1.22. The van der Waals surface area contributed by atoms with Gasteiger partial charge in [-0.05, 0) is 64.0 Å². The molecule has 4 heteroatoms. The SMILES string of the molecule is O=C(CCC1CCCC1)N1CCC2(CC1)CC(N1CCCC1)CCO2. The molecule has 0 bridgehead atoms. The number of carbonyl (C=O) groups excluding carboxylic acids is 1. The number of ether oxygens (including phenoxy) is 1. The maximum absolute atomic E-state index is 12.6. The van der Waals surface area contributed by atoms with Crippen LogP contribution in [-0.4, -0.2) is 60.1 Å². The molecule has 25 heavy (non-hydrogen) atoms. The lowest BCUT2D eigenvalue weighted by atomic mass is 9.81. The van der Waals surface area contributed by atoms with Crippen LogP contribution in [0.2, 0.25) is 0 Å². The molecule has 0 aromatic carbocycles. The fourth-order valence-corrected chi connectivity index (χ4v) is 5.72. The Morgan fingerprint density at radius 2 is 1.68 bits per heavy atom. The normalized spacial score (nSPS) is 31.0. The second-order valence-corrected chi connectivity index (χ2v) is 8.99. The van der Waals surface area contributed by atoms with Crippen LogP contribution >= 0.6 is 0 Å². The van der Waals surface area contributed by atoms with Crippen LogP contribution in [0.1, 0.15) is 77.0 Å². The molecule has 0 aromatic heterocycles. The second kappa shape index (κ2) is 7.96. The molecule has 1 aliphatic carbocycles. The largest absolute Gasteiger partial charge is 0.375 e. The number of likely N-dealkylation sites (tertiary alicyclic amines) is 2. The van der Waals surface area contributed by atoms with Crippen molar-refractivity contribution in [2.45, 2.75) is 88.7 Å². The zero-order chi connectivity index (χ0) is 17.1. The van der Waals surface area contributed by atoms with Gasteiger partial charge in [-0.2, -0.15) is 0 Å². The molecule has 0 N–H and O–H groups in total. The summed E-state index contributed by atoms with van der Waals surface area (Å²) in [4.78, 5) is 17.4. The van der Waals surface area contributed by atoms with Gasteiger partial charge in [-0.25, -0.2) is 0 Å². The predicted octanol–water partition coefficient (Wildman–Crippen LogP) is 3.59. The number of hydrogen-bond donors (Lipinski definition) is 0. The van der Waals surface area contributed by atoms with Crippen LogP contribution in [0, 0.1) is 5.92 Å². The fourth-order valence-electron chi connectivity index (χ4n) is 5.72. The van der Waals surface area contributed by atoms with Crippen LogP contribution in [-0.2, 0) is 9.53 Å². The lowest BCUT2D eigenvalue weighted by molar-refractivity contribution is -0.148. The third-order valence-electron chi connectivity index (χ3n) is 7.39. The van der Waals surface area contributed by atoms with Crippen LogP contribution < -0.4 is 0 Å². The van der Waals surface area contributed by atoms with Crippen molar-refractivity contribution in [2.75, 3.05) is 32.8 Å². The van der Waals surface area contributed by atoms with Gasteiger partial charge in [0.25, 0.3) is 0 Å². The highest BCUT2D eigenvalue weighted by molar-refractivity contribution is 5.76. The summed E-state index contributed by atoms with van der Waals surface area (Å²) in [6.07, 6.45) is 14.6. The van der Waals surface area contributed by atoms with E-state index in [0.717, 1.165) is 57.3 Å². The molecular formula is C21H36N2O2. The maximum atomic E-state index is 12.6. The van der Waals surface area contributed by atoms with Crippen molar-refractivity contribution in [2.24, 2.45) is 5.92 Å². The Bertz CT molecular complexity index is 447. The van der Waals surface area contributed by atoms with E-state index in [1.54, 1.807) is 0 Å². The Balaban J connectivity index is 1.24. The van der Waals surface area contributed by atoms with E-state index < -0.39 is 0 Å². The molecule has 4 rings (SSSR count). The van der Waals surface area contributed by atoms with Crippen molar-refractivity contribution >= 4 is 5.91 Å². The molecule has 4 fully saturated rings.